The number of aliphatic hydroxyl groups excluding tert-OH is 8. The molecule has 11 N–H and O–H groups in total. The van der Waals surface area contributed by atoms with Crippen LogP contribution in [0.1, 0.15) is 21.7 Å². The van der Waals surface area contributed by atoms with E-state index < -0.39 is 92.4 Å². The molecule has 232 valence electrons. The lowest BCUT2D eigenvalue weighted by atomic mass is 9.96. The van der Waals surface area contributed by atoms with E-state index in [1.54, 1.807) is 0 Å². The van der Waals surface area contributed by atoms with Gasteiger partial charge in [0.1, 0.15) is 48.7 Å². The Morgan fingerprint density at radius 3 is 1.83 bits per heavy atom. The highest BCUT2D eigenvalue weighted by Crippen LogP contribution is 2.21. The van der Waals surface area contributed by atoms with Gasteiger partial charge in [-0.1, -0.05) is 0 Å². The summed E-state index contributed by atoms with van der Waals surface area (Å²) in [5, 5.41) is 87.1. The first-order valence-electron chi connectivity index (χ1n) is 12.6. The van der Waals surface area contributed by atoms with Gasteiger partial charge in [0.25, 0.3) is 5.91 Å². The van der Waals surface area contributed by atoms with Gasteiger partial charge in [0.2, 0.25) is 5.91 Å². The van der Waals surface area contributed by atoms with Crippen LogP contribution in [-0.2, 0) is 26.6 Å². The number of carbonyl (C=O) groups excluding carboxylic acids is 2. The molecule has 1 aromatic rings. The molecule has 18 heteroatoms. The highest BCUT2D eigenvalue weighted by molar-refractivity contribution is 7.80. The topological polar surface area (TPSA) is 263 Å². The summed E-state index contributed by atoms with van der Waals surface area (Å²) in [5.41, 5.74) is 0.734. The van der Waals surface area contributed by atoms with E-state index in [-0.39, 0.29) is 23.6 Å². The smallest absolute Gasteiger partial charge is 0.251 e. The van der Waals surface area contributed by atoms with E-state index >= 15 is 0 Å². The second-order valence-electron chi connectivity index (χ2n) is 9.60. The molecule has 2 aliphatic rings. The lowest BCUT2D eigenvalue weighted by molar-refractivity contribution is -0.254. The maximum Gasteiger partial charge on any atom is 0.251 e. The van der Waals surface area contributed by atoms with Crippen molar-refractivity contribution in [1.29, 1.82) is 0 Å². The number of amides is 2. The SMILES string of the molecule is O=C(NC1C(O)OC(CO)C(O)C1O)c1cc(CS)nc(CNC(CS)C(=O)NC2C(O)OC(CO)C(O)C2O)c1. The van der Waals surface area contributed by atoms with Crippen LogP contribution in [0.2, 0.25) is 0 Å². The van der Waals surface area contributed by atoms with Gasteiger partial charge in [-0.05, 0) is 12.1 Å². The van der Waals surface area contributed by atoms with Crippen molar-refractivity contribution < 1.29 is 59.9 Å². The van der Waals surface area contributed by atoms with Gasteiger partial charge >= 0.3 is 0 Å². The van der Waals surface area contributed by atoms with Crippen molar-refractivity contribution >= 4 is 37.1 Å². The number of rotatable bonds is 11. The van der Waals surface area contributed by atoms with Gasteiger partial charge in [0, 0.05) is 23.6 Å². The van der Waals surface area contributed by atoms with E-state index in [0.29, 0.717) is 11.4 Å². The summed E-state index contributed by atoms with van der Waals surface area (Å²) in [4.78, 5) is 30.2. The van der Waals surface area contributed by atoms with Gasteiger partial charge in [-0.25, -0.2) is 0 Å². The molecule has 1 aromatic heterocycles. The van der Waals surface area contributed by atoms with Crippen molar-refractivity contribution in [2.45, 2.75) is 79.6 Å². The van der Waals surface area contributed by atoms with Crippen molar-refractivity contribution in [2.24, 2.45) is 0 Å². The second-order valence-corrected chi connectivity index (χ2v) is 10.3. The van der Waals surface area contributed by atoms with E-state index in [0.717, 1.165) is 0 Å². The predicted octanol–water partition coefficient (Wildman–Crippen LogP) is -5.65. The van der Waals surface area contributed by atoms with Crippen LogP contribution in [0, 0.1) is 0 Å². The Hall–Kier alpha value is -1.65. The van der Waals surface area contributed by atoms with Crippen molar-refractivity contribution in [3.63, 3.8) is 0 Å². The minimum Gasteiger partial charge on any atom is -0.394 e. The van der Waals surface area contributed by atoms with E-state index in [1.807, 2.05) is 0 Å². The number of carbonyl (C=O) groups is 2. The number of pyridine rings is 1. The molecule has 0 aliphatic carbocycles. The molecule has 2 fully saturated rings. The monoisotopic (exact) mass is 624 g/mol. The standard InChI is InChI=1S/C23H36N4O12S2/c28-4-12-16(30)18(32)14(22(36)38-12)26-20(34)8-1-9(25-10(2-8)6-40)3-24-11(7-41)21(35)27-15-19(33)17(31)13(5-29)39-23(15)37/h1-2,11-19,22-24,28-33,36-37,40-41H,3-7H2,(H,26,34)(H,27,35). The Labute approximate surface area is 245 Å². The van der Waals surface area contributed by atoms with E-state index in [9.17, 15) is 50.4 Å². The molecule has 0 aromatic carbocycles. The average Bonchev–Trinajstić information content (AvgIpc) is 2.96. The van der Waals surface area contributed by atoms with Gasteiger partial charge < -0.3 is 61.0 Å². The molecule has 11 atom stereocenters. The number of nitrogens with zero attached hydrogens (tertiary/aromatic N) is 1. The Bertz CT molecular complexity index is 1040. The minimum absolute atomic E-state index is 0.0400. The summed E-state index contributed by atoms with van der Waals surface area (Å²) in [6, 6.07) is -0.999. The Balaban J connectivity index is 1.66. The van der Waals surface area contributed by atoms with E-state index in [2.05, 4.69) is 46.2 Å². The summed E-state index contributed by atoms with van der Waals surface area (Å²) in [6.45, 7) is -1.37. The molecule has 2 aliphatic heterocycles. The third-order valence-electron chi connectivity index (χ3n) is 6.79. The fraction of sp³-hybridized carbons (Fsp3) is 0.696. The Kier molecular flexibility index (Phi) is 12.5. The summed E-state index contributed by atoms with van der Waals surface area (Å²) in [7, 11) is 0. The Morgan fingerprint density at radius 2 is 1.34 bits per heavy atom. The lowest BCUT2D eigenvalue weighted by Crippen LogP contribution is -2.65. The summed E-state index contributed by atoms with van der Waals surface area (Å²) >= 11 is 8.35. The van der Waals surface area contributed by atoms with Crippen molar-refractivity contribution in [3.05, 3.63) is 29.1 Å². The maximum absolute atomic E-state index is 13.0. The molecule has 3 rings (SSSR count). The fourth-order valence-electron chi connectivity index (χ4n) is 4.43. The number of thiol groups is 2. The number of aromatic nitrogens is 1. The number of aliphatic hydroxyl groups is 8. The molecule has 0 spiro atoms. The number of hydrogen-bond acceptors (Lipinski definition) is 16. The zero-order valence-corrected chi connectivity index (χ0v) is 23.4. The highest BCUT2D eigenvalue weighted by atomic mass is 32.1. The molecule has 41 heavy (non-hydrogen) atoms. The van der Waals surface area contributed by atoms with E-state index in [1.165, 1.54) is 12.1 Å². The van der Waals surface area contributed by atoms with Crippen LogP contribution in [0.5, 0.6) is 0 Å². The molecule has 2 amide bonds. The third-order valence-corrected chi connectivity index (χ3v) is 7.48. The van der Waals surface area contributed by atoms with Crippen LogP contribution in [0.25, 0.3) is 0 Å². The van der Waals surface area contributed by atoms with E-state index in [4.69, 9.17) is 9.47 Å². The zero-order valence-electron chi connectivity index (χ0n) is 21.6. The first-order valence-corrected chi connectivity index (χ1v) is 13.9. The fourth-order valence-corrected chi connectivity index (χ4v) is 4.88. The Morgan fingerprint density at radius 1 is 0.829 bits per heavy atom. The molecule has 2 saturated heterocycles. The number of ether oxygens (including phenoxy) is 2. The van der Waals surface area contributed by atoms with Crippen LogP contribution in [0.15, 0.2) is 12.1 Å². The second kappa shape index (κ2) is 15.2. The largest absolute Gasteiger partial charge is 0.394 e. The third kappa shape index (κ3) is 8.05. The van der Waals surface area contributed by atoms with Gasteiger partial charge in [-0.3, -0.25) is 19.9 Å². The molecule has 11 unspecified atom stereocenters. The molecule has 16 nitrogen and oxygen atoms in total. The van der Waals surface area contributed by atoms with Crippen LogP contribution in [0.3, 0.4) is 0 Å². The molecule has 0 radical (unpaired) electrons. The molecule has 3 heterocycles. The molecule has 0 saturated carbocycles. The quantitative estimate of drug-likeness (QED) is 0.102. The first-order chi connectivity index (χ1) is 19.4. The minimum atomic E-state index is -1.71. The predicted molar refractivity (Wildman–Crippen MR) is 145 cm³/mol. The van der Waals surface area contributed by atoms with Gasteiger partial charge in [0.15, 0.2) is 12.6 Å². The zero-order chi connectivity index (χ0) is 30.4. The highest BCUT2D eigenvalue weighted by Gasteiger charge is 2.45. The normalized spacial score (nSPS) is 34.6. The van der Waals surface area contributed by atoms with Crippen LogP contribution in [-0.4, -0.2) is 144 Å². The van der Waals surface area contributed by atoms with Crippen molar-refractivity contribution in [1.82, 2.24) is 20.9 Å². The summed E-state index contributed by atoms with van der Waals surface area (Å²) in [6.07, 6.45) is -12.3. The van der Waals surface area contributed by atoms with Gasteiger partial charge in [0.05, 0.1) is 30.6 Å². The number of nitrogens with one attached hydrogen (secondary N) is 3. The summed E-state index contributed by atoms with van der Waals surface area (Å²) < 4.78 is 10.1. The molecule has 0 bridgehead atoms. The maximum atomic E-state index is 13.0. The first kappa shape index (κ1) is 33.8. The lowest BCUT2D eigenvalue weighted by Gasteiger charge is -2.40. The average molecular weight is 625 g/mol. The van der Waals surface area contributed by atoms with Crippen LogP contribution >= 0.6 is 25.3 Å². The molecular weight excluding hydrogens is 588 g/mol. The van der Waals surface area contributed by atoms with Crippen molar-refractivity contribution in [2.75, 3.05) is 19.0 Å². The van der Waals surface area contributed by atoms with Gasteiger partial charge in [-0.15, -0.1) is 0 Å². The van der Waals surface area contributed by atoms with Crippen molar-refractivity contribution in [3.8, 4) is 0 Å². The van der Waals surface area contributed by atoms with Crippen LogP contribution in [0.4, 0.5) is 0 Å². The van der Waals surface area contributed by atoms with Crippen LogP contribution < -0.4 is 16.0 Å². The van der Waals surface area contributed by atoms with Gasteiger partial charge in [-0.2, -0.15) is 25.3 Å². The molecular formula is C23H36N4O12S2. The summed E-state index contributed by atoms with van der Waals surface area (Å²) in [5.74, 6) is -1.36. The number of hydrogen-bond donors (Lipinski definition) is 13.